The predicted molar refractivity (Wildman–Crippen MR) is 88.9 cm³/mol. The smallest absolute Gasteiger partial charge is 0.347 e. The third-order valence-electron chi connectivity index (χ3n) is 4.82. The quantitative estimate of drug-likeness (QED) is 0.767. The molecule has 0 aliphatic carbocycles. The van der Waals surface area contributed by atoms with Crippen LogP contribution in [0.1, 0.15) is 37.5 Å². The van der Waals surface area contributed by atoms with Crippen LogP contribution >= 0.6 is 0 Å². The van der Waals surface area contributed by atoms with Gasteiger partial charge in [0, 0.05) is 12.8 Å². The molecule has 10 heteroatoms. The van der Waals surface area contributed by atoms with Gasteiger partial charge in [0.2, 0.25) is 0 Å². The van der Waals surface area contributed by atoms with Crippen molar-refractivity contribution in [2.24, 2.45) is 0 Å². The number of anilines is 1. The molecule has 0 aromatic carbocycles. The number of carbonyl (C=O) groups is 2. The van der Waals surface area contributed by atoms with E-state index in [-0.39, 0.29) is 19.4 Å². The third-order valence-corrected chi connectivity index (χ3v) is 4.82. The Morgan fingerprint density at radius 1 is 1.48 bits per heavy atom. The molecule has 2 aromatic heterocycles. The number of aromatic nitrogens is 3. The van der Waals surface area contributed by atoms with Crippen LogP contribution < -0.4 is 5.73 Å². The molecule has 0 bridgehead atoms. The first-order valence-corrected chi connectivity index (χ1v) is 8.55. The highest BCUT2D eigenvalue weighted by molar-refractivity contribution is 5.82. The summed E-state index contributed by atoms with van der Waals surface area (Å²) in [5.41, 5.74) is 5.98. The molecule has 2 aliphatic heterocycles. The van der Waals surface area contributed by atoms with Gasteiger partial charge in [-0.2, -0.15) is 10.4 Å². The van der Waals surface area contributed by atoms with Gasteiger partial charge in [0.1, 0.15) is 30.6 Å². The normalized spacial score (nSPS) is 27.4. The Labute approximate surface area is 153 Å². The van der Waals surface area contributed by atoms with Crippen LogP contribution in [0.4, 0.5) is 5.82 Å². The van der Waals surface area contributed by atoms with Gasteiger partial charge in [-0.15, -0.1) is 0 Å². The Balaban J connectivity index is 1.46. The van der Waals surface area contributed by atoms with E-state index in [0.29, 0.717) is 24.2 Å². The SMILES string of the molecule is N#C[C@@]1(COC(=O)[C@H]2CCC(=O)O2)CC[C@H](c2ccc3c(N)ncnn23)O1. The number of ether oxygens (including phenoxy) is 3. The summed E-state index contributed by atoms with van der Waals surface area (Å²) >= 11 is 0. The van der Waals surface area contributed by atoms with Crippen molar-refractivity contribution in [2.75, 3.05) is 12.3 Å². The van der Waals surface area contributed by atoms with Gasteiger partial charge in [-0.3, -0.25) is 4.79 Å². The van der Waals surface area contributed by atoms with Gasteiger partial charge < -0.3 is 19.9 Å². The summed E-state index contributed by atoms with van der Waals surface area (Å²) in [6.45, 7) is -0.229. The van der Waals surface area contributed by atoms with Crippen molar-refractivity contribution >= 4 is 23.3 Å². The maximum absolute atomic E-state index is 12.0. The number of hydrogen-bond acceptors (Lipinski definition) is 9. The van der Waals surface area contributed by atoms with Gasteiger partial charge in [-0.05, 0) is 25.0 Å². The Morgan fingerprint density at radius 2 is 2.33 bits per heavy atom. The number of nitrogens with zero attached hydrogens (tertiary/aromatic N) is 4. The summed E-state index contributed by atoms with van der Waals surface area (Å²) in [5.74, 6) is -0.734. The van der Waals surface area contributed by atoms with Crippen molar-refractivity contribution in [3.63, 3.8) is 0 Å². The van der Waals surface area contributed by atoms with Crippen LogP contribution in [0.5, 0.6) is 0 Å². The van der Waals surface area contributed by atoms with E-state index in [0.717, 1.165) is 5.69 Å². The van der Waals surface area contributed by atoms with E-state index < -0.39 is 29.7 Å². The number of nitrogen functional groups attached to an aromatic ring is 1. The largest absolute Gasteiger partial charge is 0.459 e. The number of fused-ring (bicyclic) bond motifs is 1. The monoisotopic (exact) mass is 371 g/mol. The lowest BCUT2D eigenvalue weighted by atomic mass is 10.0. The fourth-order valence-electron chi connectivity index (χ4n) is 3.37. The number of esters is 2. The fraction of sp³-hybridized carbons (Fsp3) is 0.471. The lowest BCUT2D eigenvalue weighted by molar-refractivity contribution is -0.166. The molecule has 0 radical (unpaired) electrons. The molecular weight excluding hydrogens is 354 g/mol. The first kappa shape index (κ1) is 17.2. The van der Waals surface area contributed by atoms with E-state index >= 15 is 0 Å². The van der Waals surface area contributed by atoms with Crippen LogP contribution in [0, 0.1) is 11.3 Å². The first-order valence-electron chi connectivity index (χ1n) is 8.55. The average molecular weight is 371 g/mol. The topological polar surface area (TPSA) is 142 Å². The summed E-state index contributed by atoms with van der Waals surface area (Å²) in [6, 6.07) is 5.72. The lowest BCUT2D eigenvalue weighted by Gasteiger charge is -2.22. The second-order valence-electron chi connectivity index (χ2n) is 6.58. The molecule has 10 nitrogen and oxygen atoms in total. The highest BCUT2D eigenvalue weighted by Gasteiger charge is 2.44. The third kappa shape index (κ3) is 3.06. The number of carbonyl (C=O) groups excluding carboxylic acids is 2. The van der Waals surface area contributed by atoms with E-state index in [9.17, 15) is 14.9 Å². The van der Waals surface area contributed by atoms with Gasteiger partial charge in [0.25, 0.3) is 0 Å². The van der Waals surface area contributed by atoms with Gasteiger partial charge in [0.05, 0.1) is 5.69 Å². The summed E-state index contributed by atoms with van der Waals surface area (Å²) in [5, 5.41) is 13.8. The number of hydrogen-bond donors (Lipinski definition) is 1. The molecule has 2 aliphatic rings. The standard InChI is InChI=1S/C17H17N5O5/c18-7-17(8-25-16(24)13-3-4-14(23)26-13)6-5-12(27-17)10-1-2-11-15(19)20-9-21-22(10)11/h1-2,9,12-13H,3-6,8H2,(H2,19,20,21)/t12-,13-,17-/m1/s1. The highest BCUT2D eigenvalue weighted by Crippen LogP contribution is 2.40. The van der Waals surface area contributed by atoms with Crippen molar-refractivity contribution in [1.82, 2.24) is 14.6 Å². The van der Waals surface area contributed by atoms with Crippen molar-refractivity contribution < 1.29 is 23.8 Å². The Kier molecular flexibility index (Phi) is 4.16. The number of rotatable bonds is 4. The second kappa shape index (κ2) is 6.51. The van der Waals surface area contributed by atoms with E-state index in [4.69, 9.17) is 19.9 Å². The van der Waals surface area contributed by atoms with Gasteiger partial charge >= 0.3 is 11.9 Å². The molecule has 2 aromatic rings. The van der Waals surface area contributed by atoms with Gasteiger partial charge in [0.15, 0.2) is 17.5 Å². The second-order valence-corrected chi connectivity index (χ2v) is 6.58. The van der Waals surface area contributed by atoms with Gasteiger partial charge in [-0.25, -0.2) is 14.3 Å². The molecule has 0 spiro atoms. The van der Waals surface area contributed by atoms with Crippen LogP contribution in [-0.4, -0.2) is 44.8 Å². The predicted octanol–water partition coefficient (Wildman–Crippen LogP) is 0.674. The zero-order valence-electron chi connectivity index (χ0n) is 14.3. The Morgan fingerprint density at radius 3 is 3.07 bits per heavy atom. The molecule has 0 amide bonds. The minimum atomic E-state index is -1.26. The summed E-state index contributed by atoms with van der Waals surface area (Å²) in [7, 11) is 0. The van der Waals surface area contributed by atoms with Crippen molar-refractivity contribution in [3.8, 4) is 6.07 Å². The van der Waals surface area contributed by atoms with E-state index in [1.807, 2.05) is 6.07 Å². The Bertz CT molecular complexity index is 951. The molecule has 2 saturated heterocycles. The van der Waals surface area contributed by atoms with Gasteiger partial charge in [-0.1, -0.05) is 0 Å². The molecule has 4 heterocycles. The van der Waals surface area contributed by atoms with E-state index in [1.165, 1.54) is 6.33 Å². The first-order chi connectivity index (χ1) is 13.0. The summed E-state index contributed by atoms with van der Waals surface area (Å²) in [6.07, 6.45) is 1.47. The number of nitriles is 1. The highest BCUT2D eigenvalue weighted by atomic mass is 16.6. The van der Waals surface area contributed by atoms with Crippen molar-refractivity contribution in [3.05, 3.63) is 24.2 Å². The summed E-state index contributed by atoms with van der Waals surface area (Å²) in [4.78, 5) is 27.1. The molecule has 4 rings (SSSR count). The van der Waals surface area contributed by atoms with E-state index in [1.54, 1.807) is 10.6 Å². The molecule has 0 saturated carbocycles. The zero-order chi connectivity index (χ0) is 19.0. The summed E-state index contributed by atoms with van der Waals surface area (Å²) < 4.78 is 17.7. The van der Waals surface area contributed by atoms with Crippen LogP contribution in [0.2, 0.25) is 0 Å². The molecular formula is C17H17N5O5. The fourth-order valence-corrected chi connectivity index (χ4v) is 3.37. The minimum Gasteiger partial charge on any atom is -0.459 e. The zero-order valence-corrected chi connectivity index (χ0v) is 14.3. The van der Waals surface area contributed by atoms with Crippen LogP contribution in [0.3, 0.4) is 0 Å². The molecule has 2 N–H and O–H groups in total. The molecule has 140 valence electrons. The maximum Gasteiger partial charge on any atom is 0.347 e. The number of nitrogens with two attached hydrogens (primary N) is 1. The van der Waals surface area contributed by atoms with Crippen molar-refractivity contribution in [2.45, 2.75) is 43.5 Å². The molecule has 0 unspecified atom stereocenters. The average Bonchev–Trinajstić information content (AvgIpc) is 3.38. The van der Waals surface area contributed by atoms with Crippen LogP contribution in [-0.2, 0) is 23.8 Å². The number of cyclic esters (lactones) is 1. The minimum absolute atomic E-state index is 0.189. The van der Waals surface area contributed by atoms with E-state index in [2.05, 4.69) is 16.2 Å². The van der Waals surface area contributed by atoms with Crippen LogP contribution in [0.15, 0.2) is 18.5 Å². The van der Waals surface area contributed by atoms with Crippen LogP contribution in [0.25, 0.3) is 5.52 Å². The molecule has 2 fully saturated rings. The molecule has 27 heavy (non-hydrogen) atoms. The maximum atomic E-state index is 12.0. The van der Waals surface area contributed by atoms with Crippen molar-refractivity contribution in [1.29, 1.82) is 5.26 Å². The molecule has 3 atom stereocenters. The lowest BCUT2D eigenvalue weighted by Crippen LogP contribution is -2.36. The Hall–Kier alpha value is -3.19.